The topological polar surface area (TPSA) is 71.1 Å². The van der Waals surface area contributed by atoms with Gasteiger partial charge in [-0.05, 0) is 36.4 Å². The summed E-state index contributed by atoms with van der Waals surface area (Å²) in [5.41, 5.74) is 0.894. The van der Waals surface area contributed by atoms with Crippen LogP contribution in [0.3, 0.4) is 0 Å². The van der Waals surface area contributed by atoms with Crippen LogP contribution >= 0.6 is 7.60 Å². The van der Waals surface area contributed by atoms with E-state index in [0.717, 1.165) is 0 Å². The normalized spacial score (nSPS) is 11.9. The number of carbonyl (C=O) groups excluding carboxylic acids is 1. The summed E-state index contributed by atoms with van der Waals surface area (Å²) >= 11 is 0. The van der Waals surface area contributed by atoms with Crippen molar-refractivity contribution in [3.63, 3.8) is 0 Å². The van der Waals surface area contributed by atoms with E-state index in [-0.39, 0.29) is 5.76 Å². The lowest BCUT2D eigenvalue weighted by Gasteiger charge is -2.14. The van der Waals surface area contributed by atoms with Crippen molar-refractivity contribution in [1.82, 2.24) is 0 Å². The number of methoxy groups -OCH3 is 1. The molecule has 0 atom stereocenters. The predicted octanol–water partition coefficient (Wildman–Crippen LogP) is 4.34. The number of hydrogen-bond acceptors (Lipinski definition) is 6. The number of carbonyl (C=O) groups is 1. The quantitative estimate of drug-likeness (QED) is 0.415. The number of hydrogen-bond donors (Lipinski definition) is 0. The molecule has 0 fully saturated rings. The Kier molecular flexibility index (Phi) is 6.53. The van der Waals surface area contributed by atoms with Crippen molar-refractivity contribution in [2.75, 3.05) is 21.3 Å². The van der Waals surface area contributed by atoms with Crippen LogP contribution in [0, 0.1) is 0 Å². The summed E-state index contributed by atoms with van der Waals surface area (Å²) in [5, 5.41) is 0. The monoisotopic (exact) mass is 362 g/mol. The van der Waals surface area contributed by atoms with Crippen LogP contribution in [0.15, 0.2) is 60.4 Å². The third-order valence-corrected chi connectivity index (χ3v) is 4.94. The highest BCUT2D eigenvalue weighted by atomic mass is 31.2. The second-order valence-corrected chi connectivity index (χ2v) is 6.95. The Hall–Kier alpha value is -2.40. The van der Waals surface area contributed by atoms with Crippen molar-refractivity contribution in [2.45, 2.75) is 0 Å². The van der Waals surface area contributed by atoms with Crippen LogP contribution in [0.4, 0.5) is 0 Å². The van der Waals surface area contributed by atoms with Gasteiger partial charge in [-0.2, -0.15) is 0 Å². The van der Waals surface area contributed by atoms with Gasteiger partial charge in [-0.1, -0.05) is 18.2 Å². The molecule has 132 valence electrons. The maximum Gasteiger partial charge on any atom is 0.357 e. The minimum absolute atomic E-state index is 0.0727. The fourth-order valence-corrected chi connectivity index (χ4v) is 2.82. The first-order valence-electron chi connectivity index (χ1n) is 7.37. The predicted molar refractivity (Wildman–Crippen MR) is 94.5 cm³/mol. The second-order valence-electron chi connectivity index (χ2n) is 4.88. The lowest BCUT2D eigenvalue weighted by molar-refractivity contribution is 0.0692. The molecule has 0 N–H and O–H groups in total. The van der Waals surface area contributed by atoms with Crippen molar-refractivity contribution in [1.29, 1.82) is 0 Å². The first kappa shape index (κ1) is 18.9. The van der Waals surface area contributed by atoms with Crippen LogP contribution in [0.1, 0.15) is 15.9 Å². The molecule has 2 aromatic carbocycles. The van der Waals surface area contributed by atoms with Crippen LogP contribution < -0.4 is 4.74 Å². The van der Waals surface area contributed by atoms with E-state index >= 15 is 0 Å². The highest BCUT2D eigenvalue weighted by Gasteiger charge is 2.22. The molecule has 0 bridgehead atoms. The molecule has 7 heteroatoms. The number of benzene rings is 2. The van der Waals surface area contributed by atoms with E-state index in [4.69, 9.17) is 18.5 Å². The second kappa shape index (κ2) is 8.62. The highest BCUT2D eigenvalue weighted by Crippen LogP contribution is 2.50. The standard InChI is InChI=1S/C18H19O6P/c1-21-16-11-9-14(10-12-16)17(13-25(20,22-2)23-3)24-18(19)15-7-5-4-6-8-15/h4-13H,1-3H3/b17-13-. The van der Waals surface area contributed by atoms with Gasteiger partial charge < -0.3 is 18.5 Å². The summed E-state index contributed by atoms with van der Waals surface area (Å²) in [6, 6.07) is 15.2. The summed E-state index contributed by atoms with van der Waals surface area (Å²) in [7, 11) is 0.518. The fourth-order valence-electron chi connectivity index (χ4n) is 1.97. The molecular formula is C18H19O6P. The molecule has 0 aliphatic heterocycles. The molecule has 0 aromatic heterocycles. The maximum absolute atomic E-state index is 12.4. The van der Waals surface area contributed by atoms with Gasteiger partial charge in [0.25, 0.3) is 0 Å². The molecule has 0 amide bonds. The van der Waals surface area contributed by atoms with Gasteiger partial charge in [0.1, 0.15) is 11.5 Å². The minimum atomic E-state index is -3.54. The van der Waals surface area contributed by atoms with Crippen LogP contribution in [-0.2, 0) is 18.3 Å². The van der Waals surface area contributed by atoms with Crippen LogP contribution in [-0.4, -0.2) is 27.3 Å². The summed E-state index contributed by atoms with van der Waals surface area (Å²) < 4.78 is 32.8. The summed E-state index contributed by atoms with van der Waals surface area (Å²) in [6.45, 7) is 0. The smallest absolute Gasteiger partial charge is 0.357 e. The Labute approximate surface area is 146 Å². The molecule has 0 saturated heterocycles. The molecule has 0 saturated carbocycles. The van der Waals surface area contributed by atoms with Gasteiger partial charge in [0.05, 0.1) is 18.5 Å². The lowest BCUT2D eigenvalue weighted by atomic mass is 10.2. The molecule has 25 heavy (non-hydrogen) atoms. The van der Waals surface area contributed by atoms with Gasteiger partial charge in [-0.3, -0.25) is 4.57 Å². The Balaban J connectivity index is 2.39. The lowest BCUT2D eigenvalue weighted by Crippen LogP contribution is -2.05. The average Bonchev–Trinajstić information content (AvgIpc) is 2.68. The Morgan fingerprint density at radius 3 is 2.00 bits per heavy atom. The van der Waals surface area contributed by atoms with Crippen molar-refractivity contribution >= 4 is 19.3 Å². The molecule has 2 aromatic rings. The third kappa shape index (κ3) is 5.03. The number of esters is 1. The zero-order valence-corrected chi connectivity index (χ0v) is 15.1. The molecule has 0 spiro atoms. The molecule has 0 unspecified atom stereocenters. The van der Waals surface area contributed by atoms with Gasteiger partial charge >= 0.3 is 13.6 Å². The first-order valence-corrected chi connectivity index (χ1v) is 8.98. The summed E-state index contributed by atoms with van der Waals surface area (Å²) in [6.07, 6.45) is 0. The molecule has 2 rings (SSSR count). The average molecular weight is 362 g/mol. The van der Waals surface area contributed by atoms with Crippen LogP contribution in [0.2, 0.25) is 0 Å². The van der Waals surface area contributed by atoms with Crippen molar-refractivity contribution < 1.29 is 27.9 Å². The van der Waals surface area contributed by atoms with Gasteiger partial charge in [-0.25, -0.2) is 4.79 Å². The van der Waals surface area contributed by atoms with Gasteiger partial charge in [0.2, 0.25) is 0 Å². The number of rotatable bonds is 7. The van der Waals surface area contributed by atoms with Gasteiger partial charge in [0, 0.05) is 19.8 Å². The highest BCUT2D eigenvalue weighted by molar-refractivity contribution is 7.57. The molecular weight excluding hydrogens is 343 g/mol. The SMILES string of the molecule is COc1ccc(/C(=C/P(=O)(OC)OC)OC(=O)c2ccccc2)cc1. The zero-order chi connectivity index (χ0) is 18.3. The molecule has 0 radical (unpaired) electrons. The number of ether oxygens (including phenoxy) is 2. The van der Waals surface area contributed by atoms with Gasteiger partial charge in [-0.15, -0.1) is 0 Å². The summed E-state index contributed by atoms with van der Waals surface area (Å²) in [5.74, 6) is 1.31. The Morgan fingerprint density at radius 2 is 1.48 bits per heavy atom. The van der Waals surface area contributed by atoms with Gasteiger partial charge in [0.15, 0.2) is 0 Å². The van der Waals surface area contributed by atoms with Crippen LogP contribution in [0.25, 0.3) is 5.76 Å². The summed E-state index contributed by atoms with van der Waals surface area (Å²) in [4.78, 5) is 12.4. The maximum atomic E-state index is 12.4. The molecule has 6 nitrogen and oxygen atoms in total. The van der Waals surface area contributed by atoms with E-state index < -0.39 is 13.6 Å². The van der Waals surface area contributed by atoms with Crippen LogP contribution in [0.5, 0.6) is 5.75 Å². The minimum Gasteiger partial charge on any atom is -0.497 e. The first-order chi connectivity index (χ1) is 12.0. The molecule has 0 aliphatic rings. The Bertz CT molecular complexity index is 775. The van der Waals surface area contributed by atoms with E-state index in [9.17, 15) is 9.36 Å². The van der Waals surface area contributed by atoms with E-state index in [1.165, 1.54) is 20.0 Å². The van der Waals surface area contributed by atoms with E-state index in [1.807, 2.05) is 0 Å². The van der Waals surface area contributed by atoms with E-state index in [1.54, 1.807) is 61.7 Å². The van der Waals surface area contributed by atoms with Crippen molar-refractivity contribution in [3.05, 3.63) is 71.5 Å². The molecule has 0 aliphatic carbocycles. The fraction of sp³-hybridized carbons (Fsp3) is 0.167. The molecule has 0 heterocycles. The van der Waals surface area contributed by atoms with Crippen molar-refractivity contribution in [3.8, 4) is 5.75 Å². The third-order valence-electron chi connectivity index (χ3n) is 3.37. The van der Waals surface area contributed by atoms with Crippen molar-refractivity contribution in [2.24, 2.45) is 0 Å². The van der Waals surface area contributed by atoms with E-state index in [2.05, 4.69) is 0 Å². The van der Waals surface area contributed by atoms with E-state index in [0.29, 0.717) is 16.9 Å². The Morgan fingerprint density at radius 1 is 0.880 bits per heavy atom. The largest absolute Gasteiger partial charge is 0.497 e. The zero-order valence-electron chi connectivity index (χ0n) is 14.2.